The second-order valence-corrected chi connectivity index (χ2v) is 4.35. The largest absolute Gasteiger partial charge is 0.350 e. The normalized spacial score (nSPS) is 20.9. The highest BCUT2D eigenvalue weighted by Gasteiger charge is 2.21. The number of carbonyl (C=O) groups is 1. The molecule has 0 bridgehead atoms. The van der Waals surface area contributed by atoms with Crippen molar-refractivity contribution < 1.29 is 4.79 Å². The number of nitrogens with one attached hydrogen (secondary N) is 1. The van der Waals surface area contributed by atoms with Crippen LogP contribution < -0.4 is 5.32 Å². The van der Waals surface area contributed by atoms with Gasteiger partial charge in [-0.05, 0) is 38.6 Å². The van der Waals surface area contributed by atoms with Crippen molar-refractivity contribution in [2.45, 2.75) is 18.9 Å². The summed E-state index contributed by atoms with van der Waals surface area (Å²) in [7, 11) is 2.12. The van der Waals surface area contributed by atoms with Crippen LogP contribution in [0, 0.1) is 0 Å². The van der Waals surface area contributed by atoms with Crippen LogP contribution in [0.15, 0.2) is 30.3 Å². The number of benzene rings is 1. The van der Waals surface area contributed by atoms with Crippen molar-refractivity contribution in [2.75, 3.05) is 20.1 Å². The molecule has 2 rings (SSSR count). The molecule has 1 N–H and O–H groups in total. The zero-order valence-electron chi connectivity index (χ0n) is 9.65. The Morgan fingerprint density at radius 1 is 1.44 bits per heavy atom. The summed E-state index contributed by atoms with van der Waals surface area (Å²) in [5, 5.41) is 2.99. The number of carbonyl (C=O) groups excluding carboxylic acids is 1. The van der Waals surface area contributed by atoms with Gasteiger partial charge in [-0.3, -0.25) is 4.79 Å². The number of hydrogen-bond donors (Lipinski definition) is 1. The maximum atomic E-state index is 11.8. The lowest BCUT2D eigenvalue weighted by Gasteiger charge is -2.19. The van der Waals surface area contributed by atoms with Gasteiger partial charge in [0.15, 0.2) is 0 Å². The summed E-state index contributed by atoms with van der Waals surface area (Å²) >= 11 is 0. The van der Waals surface area contributed by atoms with Crippen molar-refractivity contribution >= 4 is 5.91 Å². The smallest absolute Gasteiger partial charge is 0.251 e. The van der Waals surface area contributed by atoms with Crippen LogP contribution in [0.25, 0.3) is 0 Å². The van der Waals surface area contributed by atoms with Gasteiger partial charge in [-0.2, -0.15) is 0 Å². The van der Waals surface area contributed by atoms with Crippen molar-refractivity contribution in [3.8, 4) is 0 Å². The van der Waals surface area contributed by atoms with E-state index in [2.05, 4.69) is 17.3 Å². The van der Waals surface area contributed by atoms with Gasteiger partial charge in [0.1, 0.15) is 0 Å². The van der Waals surface area contributed by atoms with E-state index >= 15 is 0 Å². The van der Waals surface area contributed by atoms with Crippen molar-refractivity contribution in [1.82, 2.24) is 10.2 Å². The molecule has 0 unspecified atom stereocenters. The fourth-order valence-corrected chi connectivity index (χ4v) is 2.14. The molecular formula is C13H18N2O. The molecule has 1 aliphatic heterocycles. The van der Waals surface area contributed by atoms with Crippen LogP contribution in [-0.2, 0) is 0 Å². The summed E-state index contributed by atoms with van der Waals surface area (Å²) in [4.78, 5) is 14.1. The number of rotatable bonds is 3. The molecule has 1 heterocycles. The molecule has 0 aromatic heterocycles. The van der Waals surface area contributed by atoms with Gasteiger partial charge in [0, 0.05) is 18.2 Å². The molecule has 0 saturated carbocycles. The average molecular weight is 218 g/mol. The number of likely N-dealkylation sites (tertiary alicyclic amines) is 1. The Labute approximate surface area is 96.5 Å². The third-order valence-electron chi connectivity index (χ3n) is 3.21. The first-order valence-electron chi connectivity index (χ1n) is 5.81. The minimum absolute atomic E-state index is 0.0286. The molecule has 1 amide bonds. The molecule has 3 nitrogen and oxygen atoms in total. The molecule has 1 saturated heterocycles. The highest BCUT2D eigenvalue weighted by Crippen LogP contribution is 2.13. The maximum Gasteiger partial charge on any atom is 0.251 e. The summed E-state index contributed by atoms with van der Waals surface area (Å²) in [6, 6.07) is 9.88. The highest BCUT2D eigenvalue weighted by atomic mass is 16.1. The molecule has 0 radical (unpaired) electrons. The van der Waals surface area contributed by atoms with Gasteiger partial charge in [0.2, 0.25) is 0 Å². The SMILES string of the molecule is CN1CCC[C@H]1CNC(=O)c1ccccc1. The van der Waals surface area contributed by atoms with Crippen LogP contribution in [-0.4, -0.2) is 37.0 Å². The van der Waals surface area contributed by atoms with Gasteiger partial charge in [0.05, 0.1) is 0 Å². The van der Waals surface area contributed by atoms with Crippen molar-refractivity contribution in [1.29, 1.82) is 0 Å². The maximum absolute atomic E-state index is 11.8. The predicted molar refractivity (Wildman–Crippen MR) is 64.4 cm³/mol. The first-order valence-corrected chi connectivity index (χ1v) is 5.81. The fraction of sp³-hybridized carbons (Fsp3) is 0.462. The van der Waals surface area contributed by atoms with Crippen molar-refractivity contribution in [2.24, 2.45) is 0 Å². The summed E-state index contributed by atoms with van der Waals surface area (Å²) in [6.07, 6.45) is 2.42. The van der Waals surface area contributed by atoms with Gasteiger partial charge < -0.3 is 10.2 Å². The van der Waals surface area contributed by atoms with E-state index < -0.39 is 0 Å². The number of likely N-dealkylation sites (N-methyl/N-ethyl adjacent to an activating group) is 1. The van der Waals surface area contributed by atoms with E-state index in [0.29, 0.717) is 6.04 Å². The Morgan fingerprint density at radius 2 is 2.19 bits per heavy atom. The monoisotopic (exact) mass is 218 g/mol. The van der Waals surface area contributed by atoms with Gasteiger partial charge in [-0.15, -0.1) is 0 Å². The van der Waals surface area contributed by atoms with E-state index in [1.54, 1.807) is 0 Å². The first kappa shape index (κ1) is 11.1. The third kappa shape index (κ3) is 2.61. The molecule has 1 fully saturated rings. The van der Waals surface area contributed by atoms with Gasteiger partial charge in [-0.25, -0.2) is 0 Å². The lowest BCUT2D eigenvalue weighted by Crippen LogP contribution is -2.38. The topological polar surface area (TPSA) is 32.3 Å². The Bertz CT molecular complexity index is 350. The standard InChI is InChI=1S/C13H18N2O/c1-15-9-5-8-12(15)10-14-13(16)11-6-3-2-4-7-11/h2-4,6-7,12H,5,8-10H2,1H3,(H,14,16)/t12-/m0/s1. The molecule has 0 spiro atoms. The molecule has 16 heavy (non-hydrogen) atoms. The molecule has 0 aliphatic carbocycles. The van der Waals surface area contributed by atoms with E-state index in [9.17, 15) is 4.79 Å². The molecule has 1 aromatic carbocycles. The van der Waals surface area contributed by atoms with Gasteiger partial charge in [-0.1, -0.05) is 18.2 Å². The van der Waals surface area contributed by atoms with Gasteiger partial charge >= 0.3 is 0 Å². The van der Waals surface area contributed by atoms with Crippen molar-refractivity contribution in [3.63, 3.8) is 0 Å². The fourth-order valence-electron chi connectivity index (χ4n) is 2.14. The lowest BCUT2D eigenvalue weighted by molar-refractivity contribution is 0.0943. The van der Waals surface area contributed by atoms with Crippen LogP contribution in [0.3, 0.4) is 0 Å². The van der Waals surface area contributed by atoms with Crippen LogP contribution in [0.5, 0.6) is 0 Å². The van der Waals surface area contributed by atoms with E-state index in [1.807, 2.05) is 30.3 Å². The molecule has 86 valence electrons. The zero-order valence-corrected chi connectivity index (χ0v) is 9.65. The summed E-state index contributed by atoms with van der Waals surface area (Å²) in [5.74, 6) is 0.0286. The first-order chi connectivity index (χ1) is 7.77. The van der Waals surface area contributed by atoms with E-state index in [-0.39, 0.29) is 5.91 Å². The Balaban J connectivity index is 1.84. The van der Waals surface area contributed by atoms with Crippen LogP contribution in [0.1, 0.15) is 23.2 Å². The lowest BCUT2D eigenvalue weighted by atomic mass is 10.2. The Morgan fingerprint density at radius 3 is 2.81 bits per heavy atom. The third-order valence-corrected chi connectivity index (χ3v) is 3.21. The van der Waals surface area contributed by atoms with Crippen LogP contribution in [0.2, 0.25) is 0 Å². The number of hydrogen-bond acceptors (Lipinski definition) is 2. The predicted octanol–water partition coefficient (Wildman–Crippen LogP) is 1.51. The molecular weight excluding hydrogens is 200 g/mol. The quantitative estimate of drug-likeness (QED) is 0.834. The van der Waals surface area contributed by atoms with Crippen LogP contribution in [0.4, 0.5) is 0 Å². The number of nitrogens with zero attached hydrogens (tertiary/aromatic N) is 1. The van der Waals surface area contributed by atoms with E-state index in [4.69, 9.17) is 0 Å². The zero-order chi connectivity index (χ0) is 11.4. The summed E-state index contributed by atoms with van der Waals surface area (Å²) in [5.41, 5.74) is 0.739. The summed E-state index contributed by atoms with van der Waals surface area (Å²) < 4.78 is 0. The molecule has 1 atom stereocenters. The van der Waals surface area contributed by atoms with E-state index in [0.717, 1.165) is 18.7 Å². The van der Waals surface area contributed by atoms with Gasteiger partial charge in [0.25, 0.3) is 5.91 Å². The number of amides is 1. The average Bonchev–Trinajstić information content (AvgIpc) is 2.73. The second-order valence-electron chi connectivity index (χ2n) is 4.35. The highest BCUT2D eigenvalue weighted by molar-refractivity contribution is 5.94. The molecule has 3 heteroatoms. The van der Waals surface area contributed by atoms with Crippen molar-refractivity contribution in [3.05, 3.63) is 35.9 Å². The minimum atomic E-state index is 0.0286. The van der Waals surface area contributed by atoms with E-state index in [1.165, 1.54) is 12.8 Å². The Hall–Kier alpha value is -1.35. The van der Waals surface area contributed by atoms with Crippen LogP contribution >= 0.6 is 0 Å². The minimum Gasteiger partial charge on any atom is -0.350 e. The molecule has 1 aliphatic rings. The Kier molecular flexibility index (Phi) is 3.57. The molecule has 1 aromatic rings. The second kappa shape index (κ2) is 5.12. The summed E-state index contributed by atoms with van der Waals surface area (Å²) in [6.45, 7) is 1.90.